The molecule has 18 heavy (non-hydrogen) atoms. The van der Waals surface area contributed by atoms with Crippen molar-refractivity contribution in [3.05, 3.63) is 33.8 Å². The van der Waals surface area contributed by atoms with Gasteiger partial charge in [0.1, 0.15) is 0 Å². The van der Waals surface area contributed by atoms with E-state index in [-0.39, 0.29) is 0 Å². The number of halogens is 1. The minimum atomic E-state index is 0.397. The third kappa shape index (κ3) is 2.57. The Hall–Kier alpha value is -0.530. The first-order valence-electron chi connectivity index (χ1n) is 6.98. The van der Waals surface area contributed by atoms with E-state index in [4.69, 9.17) is 11.6 Å². The molecule has 3 unspecified atom stereocenters. The Morgan fingerprint density at radius 1 is 1.22 bits per heavy atom. The molecule has 1 nitrogen and oxygen atoms in total. The SMILES string of the molecule is CNC(c1cc(C)c(C)cc1Cl)C1CCCC1C. The van der Waals surface area contributed by atoms with E-state index in [1.807, 2.05) is 0 Å². The molecule has 100 valence electrons. The fourth-order valence-corrected chi connectivity index (χ4v) is 3.65. The third-order valence-electron chi connectivity index (χ3n) is 4.62. The summed E-state index contributed by atoms with van der Waals surface area (Å²) in [5.74, 6) is 1.51. The highest BCUT2D eigenvalue weighted by molar-refractivity contribution is 6.31. The second-order valence-corrected chi connectivity index (χ2v) is 6.20. The van der Waals surface area contributed by atoms with Crippen LogP contribution in [-0.2, 0) is 0 Å². The summed E-state index contributed by atoms with van der Waals surface area (Å²) in [5, 5.41) is 4.41. The maximum atomic E-state index is 6.46. The first-order valence-corrected chi connectivity index (χ1v) is 7.36. The Bertz CT molecular complexity index is 427. The summed E-state index contributed by atoms with van der Waals surface area (Å²) < 4.78 is 0. The molecular weight excluding hydrogens is 242 g/mol. The number of benzene rings is 1. The van der Waals surface area contributed by atoms with Gasteiger partial charge in [-0.25, -0.2) is 0 Å². The van der Waals surface area contributed by atoms with E-state index in [9.17, 15) is 0 Å². The molecule has 2 heteroatoms. The van der Waals surface area contributed by atoms with Crippen molar-refractivity contribution in [2.24, 2.45) is 11.8 Å². The van der Waals surface area contributed by atoms with Gasteiger partial charge in [0.15, 0.2) is 0 Å². The van der Waals surface area contributed by atoms with Crippen LogP contribution in [0.3, 0.4) is 0 Å². The number of nitrogens with one attached hydrogen (secondary N) is 1. The maximum absolute atomic E-state index is 6.46. The van der Waals surface area contributed by atoms with Crippen LogP contribution in [0.2, 0.25) is 5.02 Å². The third-order valence-corrected chi connectivity index (χ3v) is 4.94. The molecule has 1 aliphatic carbocycles. The second-order valence-electron chi connectivity index (χ2n) is 5.80. The van der Waals surface area contributed by atoms with Crippen molar-refractivity contribution in [3.63, 3.8) is 0 Å². The van der Waals surface area contributed by atoms with Gasteiger partial charge in [0.05, 0.1) is 0 Å². The van der Waals surface area contributed by atoms with E-state index in [0.29, 0.717) is 6.04 Å². The Balaban J connectivity index is 2.35. The molecule has 1 aromatic rings. The molecule has 1 aliphatic rings. The molecule has 0 spiro atoms. The maximum Gasteiger partial charge on any atom is 0.0456 e. The molecule has 0 saturated heterocycles. The fourth-order valence-electron chi connectivity index (χ4n) is 3.31. The van der Waals surface area contributed by atoms with Crippen LogP contribution in [-0.4, -0.2) is 7.05 Å². The molecule has 0 radical (unpaired) electrons. The monoisotopic (exact) mass is 265 g/mol. The molecule has 1 saturated carbocycles. The molecule has 0 aromatic heterocycles. The molecule has 0 aliphatic heterocycles. The Kier molecular flexibility index (Phi) is 4.34. The van der Waals surface area contributed by atoms with Crippen LogP contribution in [0.15, 0.2) is 12.1 Å². The first-order chi connectivity index (χ1) is 8.54. The average Bonchev–Trinajstić information content (AvgIpc) is 2.73. The summed E-state index contributed by atoms with van der Waals surface area (Å²) in [6.07, 6.45) is 4.02. The standard InChI is InChI=1S/C16H24ClN/c1-10-6-5-7-13(10)16(18-4)14-8-11(2)12(3)9-15(14)17/h8-10,13,16,18H,5-7H2,1-4H3. The fraction of sp³-hybridized carbons (Fsp3) is 0.625. The van der Waals surface area contributed by atoms with E-state index >= 15 is 0 Å². The van der Waals surface area contributed by atoms with Gasteiger partial charge >= 0.3 is 0 Å². The van der Waals surface area contributed by atoms with Gasteiger partial charge in [-0.3, -0.25) is 0 Å². The lowest BCUT2D eigenvalue weighted by Gasteiger charge is -2.28. The minimum Gasteiger partial charge on any atom is -0.313 e. The van der Waals surface area contributed by atoms with Gasteiger partial charge in [0.25, 0.3) is 0 Å². The summed E-state index contributed by atoms with van der Waals surface area (Å²) in [4.78, 5) is 0. The van der Waals surface area contributed by atoms with E-state index in [0.717, 1.165) is 16.9 Å². The van der Waals surface area contributed by atoms with E-state index in [1.54, 1.807) is 0 Å². The van der Waals surface area contributed by atoms with Crippen molar-refractivity contribution < 1.29 is 0 Å². The van der Waals surface area contributed by atoms with E-state index < -0.39 is 0 Å². The summed E-state index contributed by atoms with van der Waals surface area (Å²) in [5.41, 5.74) is 3.89. The van der Waals surface area contributed by atoms with Crippen LogP contribution < -0.4 is 5.32 Å². The van der Waals surface area contributed by atoms with Crippen LogP contribution in [0.1, 0.15) is 48.9 Å². The first kappa shape index (κ1) is 13.9. The molecule has 0 amide bonds. The Labute approximate surface area is 116 Å². The number of rotatable bonds is 3. The van der Waals surface area contributed by atoms with Crippen molar-refractivity contribution in [1.29, 1.82) is 0 Å². The summed E-state index contributed by atoms with van der Waals surface area (Å²) >= 11 is 6.46. The van der Waals surface area contributed by atoms with Gasteiger partial charge in [-0.1, -0.05) is 37.4 Å². The molecule has 0 heterocycles. The molecule has 1 fully saturated rings. The highest BCUT2D eigenvalue weighted by Gasteiger charge is 2.32. The van der Waals surface area contributed by atoms with Gasteiger partial charge in [0, 0.05) is 11.1 Å². The zero-order valence-corrected chi connectivity index (χ0v) is 12.6. The van der Waals surface area contributed by atoms with Crippen molar-refractivity contribution in [1.82, 2.24) is 5.32 Å². The number of hydrogen-bond donors (Lipinski definition) is 1. The molecule has 1 aromatic carbocycles. The van der Waals surface area contributed by atoms with Crippen LogP contribution in [0.4, 0.5) is 0 Å². The van der Waals surface area contributed by atoms with Gasteiger partial charge in [0.2, 0.25) is 0 Å². The Morgan fingerprint density at radius 3 is 2.44 bits per heavy atom. The molecule has 0 bridgehead atoms. The summed E-state index contributed by atoms with van der Waals surface area (Å²) in [6.45, 7) is 6.66. The van der Waals surface area contributed by atoms with Crippen LogP contribution in [0, 0.1) is 25.7 Å². The summed E-state index contributed by atoms with van der Waals surface area (Å²) in [6, 6.07) is 4.77. The largest absolute Gasteiger partial charge is 0.313 e. The van der Waals surface area contributed by atoms with Gasteiger partial charge < -0.3 is 5.32 Å². The van der Waals surface area contributed by atoms with Gasteiger partial charge in [-0.15, -0.1) is 0 Å². The smallest absolute Gasteiger partial charge is 0.0456 e. The van der Waals surface area contributed by atoms with Crippen molar-refractivity contribution in [3.8, 4) is 0 Å². The van der Waals surface area contributed by atoms with Crippen molar-refractivity contribution >= 4 is 11.6 Å². The van der Waals surface area contributed by atoms with Crippen LogP contribution in [0.5, 0.6) is 0 Å². The molecule has 2 rings (SSSR count). The van der Waals surface area contributed by atoms with E-state index in [1.165, 1.54) is 36.0 Å². The highest BCUT2D eigenvalue weighted by Crippen LogP contribution is 2.42. The van der Waals surface area contributed by atoms with Gasteiger partial charge in [-0.2, -0.15) is 0 Å². The normalized spacial score (nSPS) is 25.4. The van der Waals surface area contributed by atoms with Gasteiger partial charge in [-0.05, 0) is 61.9 Å². The predicted octanol–water partition coefficient (Wildman–Crippen LogP) is 4.65. The van der Waals surface area contributed by atoms with E-state index in [2.05, 4.69) is 45.3 Å². The zero-order valence-electron chi connectivity index (χ0n) is 11.9. The van der Waals surface area contributed by atoms with Crippen LogP contribution in [0.25, 0.3) is 0 Å². The van der Waals surface area contributed by atoms with Crippen molar-refractivity contribution in [2.75, 3.05) is 7.05 Å². The second kappa shape index (κ2) is 5.63. The molecule has 3 atom stereocenters. The number of hydrogen-bond acceptors (Lipinski definition) is 1. The molecule has 1 N–H and O–H groups in total. The lowest BCUT2D eigenvalue weighted by Crippen LogP contribution is -2.27. The van der Waals surface area contributed by atoms with Crippen LogP contribution >= 0.6 is 11.6 Å². The quantitative estimate of drug-likeness (QED) is 0.839. The van der Waals surface area contributed by atoms with Crippen molar-refractivity contribution in [2.45, 2.75) is 46.1 Å². The zero-order chi connectivity index (χ0) is 13.3. The lowest BCUT2D eigenvalue weighted by molar-refractivity contribution is 0.315. The minimum absolute atomic E-state index is 0.397. The molecular formula is C16H24ClN. The average molecular weight is 266 g/mol. The number of aryl methyl sites for hydroxylation is 2. The Morgan fingerprint density at radius 2 is 1.89 bits per heavy atom. The topological polar surface area (TPSA) is 12.0 Å². The predicted molar refractivity (Wildman–Crippen MR) is 79.2 cm³/mol. The summed E-state index contributed by atoms with van der Waals surface area (Å²) in [7, 11) is 2.06. The lowest BCUT2D eigenvalue weighted by atomic mass is 9.85. The highest BCUT2D eigenvalue weighted by atomic mass is 35.5.